The molecule has 2 rings (SSSR count). The van der Waals surface area contributed by atoms with Crippen LogP contribution in [0.1, 0.15) is 33.8 Å². The zero-order chi connectivity index (χ0) is 19.4. The number of esters is 1. The molecular formula is C17H18N2O7. The van der Waals surface area contributed by atoms with Crippen molar-refractivity contribution in [1.29, 1.82) is 0 Å². The number of nitrogens with two attached hydrogens (primary N) is 1. The van der Waals surface area contributed by atoms with Crippen molar-refractivity contribution in [2.45, 2.75) is 12.3 Å². The van der Waals surface area contributed by atoms with Crippen LogP contribution in [0.15, 0.2) is 29.2 Å². The Bertz CT molecular complexity index is 904. The molecule has 138 valence electrons. The molecule has 0 radical (unpaired) electrons. The first-order valence-corrected chi connectivity index (χ1v) is 7.48. The van der Waals surface area contributed by atoms with E-state index in [1.165, 1.54) is 25.3 Å². The molecule has 0 aliphatic carbocycles. The van der Waals surface area contributed by atoms with Gasteiger partial charge < -0.3 is 30.4 Å². The van der Waals surface area contributed by atoms with Gasteiger partial charge in [0.15, 0.2) is 11.5 Å². The lowest BCUT2D eigenvalue weighted by atomic mass is 9.87. The molecule has 1 aromatic carbocycles. The number of methoxy groups -OCH3 is 2. The van der Waals surface area contributed by atoms with E-state index in [4.69, 9.17) is 10.5 Å². The minimum atomic E-state index is -0.977. The Morgan fingerprint density at radius 1 is 1.27 bits per heavy atom. The number of phenolic OH excluding ortho intramolecular Hbond substituents is 1. The predicted octanol–water partition coefficient (Wildman–Crippen LogP) is 0.589. The van der Waals surface area contributed by atoms with Gasteiger partial charge in [-0.25, -0.2) is 4.79 Å². The van der Waals surface area contributed by atoms with Crippen LogP contribution in [0.25, 0.3) is 0 Å². The van der Waals surface area contributed by atoms with Gasteiger partial charge in [-0.15, -0.1) is 0 Å². The third kappa shape index (κ3) is 3.61. The van der Waals surface area contributed by atoms with Crippen LogP contribution >= 0.6 is 0 Å². The van der Waals surface area contributed by atoms with Gasteiger partial charge in [0.2, 0.25) is 5.91 Å². The fourth-order valence-corrected chi connectivity index (χ4v) is 2.62. The molecule has 0 bridgehead atoms. The van der Waals surface area contributed by atoms with E-state index in [1.807, 2.05) is 0 Å². The molecule has 9 heteroatoms. The number of pyridine rings is 1. The van der Waals surface area contributed by atoms with E-state index < -0.39 is 29.1 Å². The average molecular weight is 362 g/mol. The van der Waals surface area contributed by atoms with Gasteiger partial charge in [0.05, 0.1) is 19.8 Å². The summed E-state index contributed by atoms with van der Waals surface area (Å²) in [6.07, 6.45) is 0.695. The molecule has 26 heavy (non-hydrogen) atoms. The second kappa shape index (κ2) is 7.60. The van der Waals surface area contributed by atoms with Gasteiger partial charge in [-0.1, -0.05) is 6.07 Å². The van der Waals surface area contributed by atoms with E-state index in [1.54, 1.807) is 0 Å². The van der Waals surface area contributed by atoms with E-state index in [0.29, 0.717) is 5.56 Å². The van der Waals surface area contributed by atoms with Crippen LogP contribution in [-0.4, -0.2) is 41.3 Å². The van der Waals surface area contributed by atoms with Gasteiger partial charge >= 0.3 is 5.97 Å². The third-order valence-electron chi connectivity index (χ3n) is 3.87. The number of hydrogen-bond donors (Lipinski definition) is 4. The lowest BCUT2D eigenvalue weighted by Gasteiger charge is -2.19. The van der Waals surface area contributed by atoms with Crippen LogP contribution in [0.5, 0.6) is 17.2 Å². The number of hydrogen-bond acceptors (Lipinski definition) is 7. The van der Waals surface area contributed by atoms with Crippen LogP contribution in [0, 0.1) is 0 Å². The Morgan fingerprint density at radius 2 is 1.96 bits per heavy atom. The first-order valence-electron chi connectivity index (χ1n) is 7.48. The van der Waals surface area contributed by atoms with Gasteiger partial charge in [-0.3, -0.25) is 9.59 Å². The smallest absolute Gasteiger partial charge is 0.343 e. The number of rotatable bonds is 6. The SMILES string of the molecule is COC(=O)c1c[nH]c(=O)c([C@H](CC(N)=O)c2ccc(O)c(OC)c2)c1O. The molecule has 0 spiro atoms. The lowest BCUT2D eigenvalue weighted by Crippen LogP contribution is -2.23. The summed E-state index contributed by atoms with van der Waals surface area (Å²) in [4.78, 5) is 38.0. The largest absolute Gasteiger partial charge is 0.506 e. The van der Waals surface area contributed by atoms with Crippen molar-refractivity contribution in [3.63, 3.8) is 0 Å². The molecule has 0 saturated carbocycles. The van der Waals surface area contributed by atoms with E-state index in [9.17, 15) is 24.6 Å². The molecular weight excluding hydrogens is 344 g/mol. The Kier molecular flexibility index (Phi) is 5.51. The Morgan fingerprint density at radius 3 is 2.54 bits per heavy atom. The van der Waals surface area contributed by atoms with Crippen molar-refractivity contribution in [1.82, 2.24) is 4.98 Å². The summed E-state index contributed by atoms with van der Waals surface area (Å²) in [5.41, 5.74) is 4.48. The maximum atomic E-state index is 12.3. The quantitative estimate of drug-likeness (QED) is 0.549. The summed E-state index contributed by atoms with van der Waals surface area (Å²) in [7, 11) is 2.46. The summed E-state index contributed by atoms with van der Waals surface area (Å²) in [5, 5.41) is 20.2. The minimum Gasteiger partial charge on any atom is -0.506 e. The number of aromatic amines is 1. The third-order valence-corrected chi connectivity index (χ3v) is 3.87. The second-order valence-electron chi connectivity index (χ2n) is 5.44. The first kappa shape index (κ1) is 18.8. The molecule has 1 aromatic heterocycles. The molecule has 5 N–H and O–H groups in total. The van der Waals surface area contributed by atoms with E-state index >= 15 is 0 Å². The molecule has 0 saturated heterocycles. The van der Waals surface area contributed by atoms with Crippen molar-refractivity contribution in [2.75, 3.05) is 14.2 Å². The van der Waals surface area contributed by atoms with Crippen LogP contribution in [0.2, 0.25) is 0 Å². The number of primary amides is 1. The number of H-pyrrole nitrogens is 1. The summed E-state index contributed by atoms with van der Waals surface area (Å²) in [6, 6.07) is 4.18. The average Bonchev–Trinajstić information content (AvgIpc) is 2.60. The van der Waals surface area contributed by atoms with E-state index in [2.05, 4.69) is 9.72 Å². The fourth-order valence-electron chi connectivity index (χ4n) is 2.62. The minimum absolute atomic E-state index is 0.108. The number of carbonyl (C=O) groups is 2. The Balaban J connectivity index is 2.70. The molecule has 1 heterocycles. The number of ether oxygens (including phenoxy) is 2. The zero-order valence-electron chi connectivity index (χ0n) is 14.1. The van der Waals surface area contributed by atoms with Crippen LogP contribution in [0.3, 0.4) is 0 Å². The molecule has 1 amide bonds. The van der Waals surface area contributed by atoms with Crippen molar-refractivity contribution in [3.05, 3.63) is 51.4 Å². The highest BCUT2D eigenvalue weighted by Gasteiger charge is 2.28. The van der Waals surface area contributed by atoms with Gasteiger partial charge in [0.1, 0.15) is 11.3 Å². The molecule has 0 unspecified atom stereocenters. The first-order chi connectivity index (χ1) is 12.3. The number of aromatic nitrogens is 1. The molecule has 9 nitrogen and oxygen atoms in total. The number of benzene rings is 1. The molecule has 2 aromatic rings. The topological polar surface area (TPSA) is 152 Å². The number of amides is 1. The summed E-state index contributed by atoms with van der Waals surface area (Å²) in [5.74, 6) is -3.22. The molecule has 0 fully saturated rings. The summed E-state index contributed by atoms with van der Waals surface area (Å²) in [6.45, 7) is 0. The maximum Gasteiger partial charge on any atom is 0.343 e. The molecule has 0 aliphatic rings. The fraction of sp³-hybridized carbons (Fsp3) is 0.235. The molecule has 1 atom stereocenters. The van der Waals surface area contributed by atoms with Crippen molar-refractivity contribution >= 4 is 11.9 Å². The van der Waals surface area contributed by atoms with Gasteiger partial charge in [0, 0.05) is 18.5 Å². The number of carbonyl (C=O) groups excluding carboxylic acids is 2. The van der Waals surface area contributed by atoms with Crippen molar-refractivity contribution in [2.24, 2.45) is 5.73 Å². The van der Waals surface area contributed by atoms with Gasteiger partial charge in [0.25, 0.3) is 5.56 Å². The van der Waals surface area contributed by atoms with E-state index in [-0.39, 0.29) is 29.0 Å². The zero-order valence-corrected chi connectivity index (χ0v) is 14.1. The highest BCUT2D eigenvalue weighted by atomic mass is 16.5. The number of aromatic hydroxyl groups is 2. The predicted molar refractivity (Wildman–Crippen MR) is 90.4 cm³/mol. The maximum absolute atomic E-state index is 12.3. The Hall–Kier alpha value is -3.49. The summed E-state index contributed by atoms with van der Waals surface area (Å²) >= 11 is 0. The normalized spacial score (nSPS) is 11.6. The van der Waals surface area contributed by atoms with Crippen molar-refractivity contribution < 1.29 is 29.3 Å². The van der Waals surface area contributed by atoms with Crippen molar-refractivity contribution in [3.8, 4) is 17.2 Å². The highest BCUT2D eigenvalue weighted by Crippen LogP contribution is 2.37. The van der Waals surface area contributed by atoms with Gasteiger partial charge in [-0.2, -0.15) is 0 Å². The number of phenols is 1. The van der Waals surface area contributed by atoms with Crippen LogP contribution in [-0.2, 0) is 9.53 Å². The Labute approximate surface area is 148 Å². The van der Waals surface area contributed by atoms with Crippen LogP contribution < -0.4 is 16.0 Å². The monoisotopic (exact) mass is 362 g/mol. The summed E-state index contributed by atoms with van der Waals surface area (Å²) < 4.78 is 9.59. The molecule has 0 aliphatic heterocycles. The number of nitrogens with one attached hydrogen (secondary N) is 1. The second-order valence-corrected chi connectivity index (χ2v) is 5.44. The van der Waals surface area contributed by atoms with Gasteiger partial charge in [-0.05, 0) is 17.7 Å². The standard InChI is InChI=1S/C17H18N2O7/c1-25-12-5-8(3-4-11(12)20)9(6-13(18)21)14-15(22)10(17(24)26-2)7-19-16(14)23/h3-5,7,9,20H,6H2,1-2H3,(H2,18,21)(H2,19,22,23)/t9-/m1/s1. The lowest BCUT2D eigenvalue weighted by molar-refractivity contribution is -0.118. The van der Waals surface area contributed by atoms with E-state index in [0.717, 1.165) is 13.3 Å². The highest BCUT2D eigenvalue weighted by molar-refractivity contribution is 5.92. The van der Waals surface area contributed by atoms with Crippen LogP contribution in [0.4, 0.5) is 0 Å².